The maximum Gasteiger partial charge on any atom is 0.318 e. The first kappa shape index (κ1) is 90.5. The second kappa shape index (κ2) is 45.9. The lowest BCUT2D eigenvalue weighted by Gasteiger charge is -2.36. The number of hydrogen-bond acceptors (Lipinski definition) is 23. The molecule has 1 unspecified atom stereocenters. The second-order valence-electron chi connectivity index (χ2n) is 29.1. The Morgan fingerprint density at radius 1 is 0.509 bits per heavy atom. The Balaban J connectivity index is 0.000000203. The van der Waals surface area contributed by atoms with E-state index in [1.165, 1.54) is 30.2 Å². The molecule has 12 rings (SSSR count). The van der Waals surface area contributed by atoms with Gasteiger partial charge < -0.3 is 76.1 Å². The first-order valence-corrected chi connectivity index (χ1v) is 40.3. The Hall–Kier alpha value is -10.7. The molecule has 2 atom stereocenters. The van der Waals surface area contributed by atoms with Gasteiger partial charge in [0.2, 0.25) is 23.7 Å². The zero-order chi connectivity index (χ0) is 83.0. The summed E-state index contributed by atoms with van der Waals surface area (Å²) in [5.74, 6) is 3.00. The number of rotatable bonds is 26. The first-order chi connectivity index (χ1) is 54.8. The molecule has 1 fully saturated rings. The molecule has 8 N–H and O–H groups in total. The number of likely N-dealkylation sites (N-methyl/N-ethyl adjacent to an activating group) is 4. The molecule has 4 aliphatic heterocycles. The minimum atomic E-state index is -0.0443. The van der Waals surface area contributed by atoms with E-state index in [0.717, 1.165) is 216 Å². The maximum atomic E-state index is 10.9. The van der Waals surface area contributed by atoms with E-state index in [-0.39, 0.29) is 35.3 Å². The molecule has 26 heteroatoms. The summed E-state index contributed by atoms with van der Waals surface area (Å²) in [7, 11) is 8.10. The molecule has 0 bridgehead atoms. The number of nitrogens with zero attached hydrogens (tertiary/aromatic N) is 16. The number of hydrogen-bond donors (Lipinski definition) is 5. The molecule has 0 radical (unpaired) electrons. The van der Waals surface area contributed by atoms with Crippen LogP contribution < -0.4 is 41.4 Å². The van der Waals surface area contributed by atoms with Crippen molar-refractivity contribution < 1.29 is 34.1 Å². The summed E-state index contributed by atoms with van der Waals surface area (Å²) in [6, 6.07) is 35.1. The molecule has 7 heterocycles. The van der Waals surface area contributed by atoms with Gasteiger partial charge in [-0.05, 0) is 168 Å². The van der Waals surface area contributed by atoms with Gasteiger partial charge in [-0.2, -0.15) is 24.9 Å². The van der Waals surface area contributed by atoms with E-state index in [4.69, 9.17) is 31.7 Å². The highest BCUT2D eigenvalue weighted by Crippen LogP contribution is 2.38. The average molecular weight is 1560 g/mol. The van der Waals surface area contributed by atoms with Crippen LogP contribution in [0.25, 0.3) is 21.5 Å². The van der Waals surface area contributed by atoms with E-state index in [2.05, 4.69) is 156 Å². The zero-order valence-electron chi connectivity index (χ0n) is 70.0. The predicted octanol–water partition coefficient (Wildman–Crippen LogP) is 11.8. The Labute approximate surface area is 677 Å². The molecule has 0 saturated carbocycles. The van der Waals surface area contributed by atoms with Crippen molar-refractivity contribution in [2.75, 3.05) is 171 Å². The number of aromatic hydroxyl groups is 2. The predicted molar refractivity (Wildman–Crippen MR) is 464 cm³/mol. The topological polar surface area (TPSA) is 298 Å². The van der Waals surface area contributed by atoms with Crippen molar-refractivity contribution in [1.29, 1.82) is 0 Å². The molecule has 5 aromatic carbocycles. The highest BCUT2D eigenvalue weighted by atomic mass is 16.5. The number of ether oxygens (including phenoxy) is 2. The van der Waals surface area contributed by atoms with Gasteiger partial charge in [-0.15, -0.1) is 0 Å². The van der Waals surface area contributed by atoms with Crippen LogP contribution in [0, 0.1) is 0 Å². The van der Waals surface area contributed by atoms with Gasteiger partial charge in [0.05, 0.1) is 36.8 Å². The summed E-state index contributed by atoms with van der Waals surface area (Å²) >= 11 is 0. The lowest BCUT2D eigenvalue weighted by atomic mass is 10.0. The Kier molecular flexibility index (Phi) is 36.4. The molecular formula is C88H127N19O7. The number of phenols is 2. The Bertz CT molecular complexity index is 4370. The lowest BCUT2D eigenvalue weighted by Crippen LogP contribution is -2.47. The number of amides is 3. The van der Waals surface area contributed by atoms with E-state index >= 15 is 0 Å². The summed E-state index contributed by atoms with van der Waals surface area (Å²) in [5, 5.41) is 24.8. The maximum absolute atomic E-state index is 10.9. The standard InChI is InChI=1S/C24H30N6O.C22H27N5O2.C20H29N5O.C8H15NO.2C7H13NO/c1-2-8-28-10-12-29(13-11-28)24-26-21-16-30(9-7-20(21)23(25)27-24)22-15-18(31)14-17-5-3-4-6-19(17)22;1-14(12-26(2)3)29-22-24-19-13-27(9-8-18(19)21(23)25-22)20-11-16(28)10-15-6-4-5-7-17(15)20;1-15(16-8-5-4-6-9-16)25-12-10-17-18(14-25)22-20(23-19(17)21)26-13-7-11-24(2)3;1-4-7-9(6-3)8(10)5-2;2*1-4-7(9)8(5-2)6-3/h3-6,14-15,31H,2,7-13,16H2,1H3,(H2,25,26,27);4-7,10-11,14,28H,8-9,12-13H2,1-3H3,(H2,23,24,25);4-6,8-9,15H,7,10-14H2,1-3H3,(H2,21,22,23);5H,2,4,6-7H2,1,3H3;2*4H,1,5-6H2,2-3H3/t;14-;;;;/m.1..../s1. The van der Waals surface area contributed by atoms with Gasteiger partial charge >= 0.3 is 12.0 Å². The molecule has 0 spiro atoms. The SMILES string of the molecule is C=CC(=O)N(CC)CC.C=CC(=O)N(CC)CC.C=CC(=O)N(CC)CCC.CC(c1ccccc1)N1CCc2c(N)nc(OCCCN(C)C)nc2C1.CCCN1CCN(c2nc(N)c3c(n2)CN(c2cc(O)cc4ccccc24)CC3)CC1.C[C@H](CN(C)C)Oc1nc(N)c2c(n1)CN(c1cc(O)cc3ccccc13)CC2. The summed E-state index contributed by atoms with van der Waals surface area (Å²) in [6.45, 7) is 45.1. The molecule has 616 valence electrons. The first-order valence-electron chi connectivity index (χ1n) is 40.3. The molecule has 114 heavy (non-hydrogen) atoms. The zero-order valence-corrected chi connectivity index (χ0v) is 70.0. The fourth-order valence-corrected chi connectivity index (χ4v) is 14.3. The van der Waals surface area contributed by atoms with Crippen LogP contribution in [0.1, 0.15) is 127 Å². The Morgan fingerprint density at radius 2 is 0.965 bits per heavy atom. The molecule has 4 aliphatic rings. The third-order valence-electron chi connectivity index (χ3n) is 20.4. The molecule has 3 amide bonds. The van der Waals surface area contributed by atoms with Crippen LogP contribution in [0.4, 0.5) is 34.8 Å². The summed E-state index contributed by atoms with van der Waals surface area (Å²) in [6.07, 6.45) is 9.55. The normalized spacial score (nSPS) is 14.2. The van der Waals surface area contributed by atoms with Crippen LogP contribution in [0.15, 0.2) is 141 Å². The average Bonchev–Trinajstić information content (AvgIpc) is 0.781. The third-order valence-corrected chi connectivity index (χ3v) is 20.4. The highest BCUT2D eigenvalue weighted by Gasteiger charge is 2.30. The van der Waals surface area contributed by atoms with Crippen LogP contribution in [0.5, 0.6) is 23.5 Å². The molecule has 1 saturated heterocycles. The summed E-state index contributed by atoms with van der Waals surface area (Å²) < 4.78 is 11.6. The fourth-order valence-electron chi connectivity index (χ4n) is 14.3. The number of benzene rings is 5. The van der Waals surface area contributed by atoms with Gasteiger partial charge in [-0.3, -0.25) is 24.2 Å². The van der Waals surface area contributed by atoms with Crippen molar-refractivity contribution in [1.82, 2.24) is 64.2 Å². The van der Waals surface area contributed by atoms with Crippen LogP contribution in [0.2, 0.25) is 0 Å². The minimum Gasteiger partial charge on any atom is -0.508 e. The van der Waals surface area contributed by atoms with Crippen molar-refractivity contribution in [3.63, 3.8) is 0 Å². The fraction of sp³-hybridized carbons (Fsp3) is 0.466. The summed E-state index contributed by atoms with van der Waals surface area (Å²) in [4.78, 5) is 81.2. The molecule has 26 nitrogen and oxygen atoms in total. The number of carbonyl (C=O) groups excluding carboxylic acids is 3. The monoisotopic (exact) mass is 1560 g/mol. The van der Waals surface area contributed by atoms with E-state index in [9.17, 15) is 24.6 Å². The van der Waals surface area contributed by atoms with Gasteiger partial charge in [0.1, 0.15) is 35.1 Å². The largest absolute Gasteiger partial charge is 0.508 e. The van der Waals surface area contributed by atoms with E-state index in [1.54, 1.807) is 20.8 Å². The lowest BCUT2D eigenvalue weighted by molar-refractivity contribution is -0.126. The highest BCUT2D eigenvalue weighted by molar-refractivity contribution is 5.97. The van der Waals surface area contributed by atoms with Gasteiger partial charge in [0.25, 0.3) is 0 Å². The van der Waals surface area contributed by atoms with Crippen molar-refractivity contribution in [3.8, 4) is 23.5 Å². The summed E-state index contributed by atoms with van der Waals surface area (Å²) in [5.41, 5.74) is 28.1. The van der Waals surface area contributed by atoms with Crippen LogP contribution in [-0.4, -0.2) is 238 Å². The number of carbonyl (C=O) groups is 3. The van der Waals surface area contributed by atoms with Crippen LogP contribution in [-0.2, 0) is 53.3 Å². The molecule has 3 aromatic heterocycles. The van der Waals surface area contributed by atoms with Crippen molar-refractivity contribution in [3.05, 3.63) is 180 Å². The number of phenolic OH excluding ortho intramolecular Hbond substituents is 2. The molecular weight excluding hydrogens is 1440 g/mol. The van der Waals surface area contributed by atoms with E-state index < -0.39 is 0 Å². The van der Waals surface area contributed by atoms with Crippen molar-refractivity contribution in [2.24, 2.45) is 0 Å². The van der Waals surface area contributed by atoms with Crippen LogP contribution >= 0.6 is 0 Å². The number of fused-ring (bicyclic) bond motifs is 5. The van der Waals surface area contributed by atoms with Crippen molar-refractivity contribution >= 4 is 74.0 Å². The van der Waals surface area contributed by atoms with Crippen molar-refractivity contribution in [2.45, 2.75) is 133 Å². The number of anilines is 6. The van der Waals surface area contributed by atoms with Crippen LogP contribution in [0.3, 0.4) is 0 Å². The van der Waals surface area contributed by atoms with Gasteiger partial charge in [-0.25, -0.2) is 4.98 Å². The third kappa shape index (κ3) is 26.2. The van der Waals surface area contributed by atoms with E-state index in [0.29, 0.717) is 55.2 Å². The molecule has 0 aliphatic carbocycles. The number of nitrogen functional groups attached to an aromatic ring is 3. The van der Waals surface area contributed by atoms with Gasteiger partial charge in [-0.1, -0.05) is 112 Å². The van der Waals surface area contributed by atoms with Gasteiger partial charge in [0, 0.05) is 162 Å². The second-order valence-corrected chi connectivity index (χ2v) is 29.1. The smallest absolute Gasteiger partial charge is 0.318 e. The number of nitrogens with two attached hydrogens (primary N) is 3. The number of piperazine rings is 1. The molecule has 8 aromatic rings. The van der Waals surface area contributed by atoms with Gasteiger partial charge in [0.15, 0.2) is 0 Å². The van der Waals surface area contributed by atoms with E-state index in [1.807, 2.05) is 110 Å². The quantitative estimate of drug-likeness (QED) is 0.0249. The number of aromatic nitrogens is 6. The minimum absolute atomic E-state index is 0.0139. The Morgan fingerprint density at radius 3 is 1.44 bits per heavy atom.